The number of benzene rings is 1. The molecule has 1 fully saturated rings. The number of piperidine rings is 1. The molecule has 0 saturated carbocycles. The Labute approximate surface area is 223 Å². The van der Waals surface area contributed by atoms with Crippen LogP contribution in [0.3, 0.4) is 0 Å². The Morgan fingerprint density at radius 2 is 2.05 bits per heavy atom. The second-order valence-electron chi connectivity index (χ2n) is 9.42. The highest BCUT2D eigenvalue weighted by Gasteiger charge is 2.20. The maximum Gasteiger partial charge on any atom is 0.278 e. The van der Waals surface area contributed by atoms with Gasteiger partial charge in [-0.05, 0) is 56.3 Å². The molecule has 5 aromatic rings. The number of rotatable bonds is 7. The van der Waals surface area contributed by atoms with E-state index in [0.717, 1.165) is 42.5 Å². The highest BCUT2D eigenvalue weighted by molar-refractivity contribution is 5.93. The van der Waals surface area contributed by atoms with Crippen molar-refractivity contribution in [1.82, 2.24) is 34.2 Å². The van der Waals surface area contributed by atoms with Crippen molar-refractivity contribution in [3.63, 3.8) is 0 Å². The first-order valence-electron chi connectivity index (χ1n) is 12.8. The Kier molecular flexibility index (Phi) is 6.41. The predicted molar refractivity (Wildman–Crippen MR) is 149 cm³/mol. The van der Waals surface area contributed by atoms with Gasteiger partial charge < -0.3 is 15.4 Å². The monoisotopic (exact) mass is 524 g/mol. The van der Waals surface area contributed by atoms with E-state index in [4.69, 9.17) is 14.7 Å². The third kappa shape index (κ3) is 4.68. The molecule has 2 N–H and O–H groups in total. The number of aromatic nitrogens is 6. The summed E-state index contributed by atoms with van der Waals surface area (Å²) < 4.78 is 11.0. The average Bonchev–Trinajstić information content (AvgIpc) is 3.48. The molecule has 1 saturated heterocycles. The number of allylic oxidation sites excluding steroid dienone is 1. The summed E-state index contributed by atoms with van der Waals surface area (Å²) in [6.45, 7) is 7.42. The molecule has 1 aromatic carbocycles. The van der Waals surface area contributed by atoms with Crippen LogP contribution in [0.1, 0.15) is 24.6 Å². The van der Waals surface area contributed by atoms with Crippen molar-refractivity contribution < 1.29 is 9.53 Å². The highest BCUT2D eigenvalue weighted by atomic mass is 16.5. The largest absolute Gasteiger partial charge is 0.474 e. The molecule has 198 valence electrons. The number of nitrogens with zero attached hydrogens (tertiary/aromatic N) is 6. The smallest absolute Gasteiger partial charge is 0.278 e. The number of carbonyl (C=O) groups is 1. The van der Waals surface area contributed by atoms with E-state index in [9.17, 15) is 9.59 Å². The van der Waals surface area contributed by atoms with Gasteiger partial charge in [-0.3, -0.25) is 14.2 Å². The zero-order valence-electron chi connectivity index (χ0n) is 21.5. The first-order valence-corrected chi connectivity index (χ1v) is 12.8. The van der Waals surface area contributed by atoms with Crippen LogP contribution in [0.4, 0.5) is 11.6 Å². The third-order valence-electron chi connectivity index (χ3n) is 6.76. The number of nitrogens with one attached hydrogen (secondary N) is 2. The summed E-state index contributed by atoms with van der Waals surface area (Å²) in [5.74, 6) is 1.27. The average molecular weight is 525 g/mol. The molecule has 6 rings (SSSR count). The van der Waals surface area contributed by atoms with E-state index >= 15 is 0 Å². The lowest BCUT2D eigenvalue weighted by atomic mass is 10.1. The number of ether oxygens (including phenoxy) is 1. The molecule has 0 unspecified atom stereocenters. The van der Waals surface area contributed by atoms with E-state index in [1.807, 2.05) is 42.5 Å². The predicted octanol–water partition coefficient (Wildman–Crippen LogP) is 3.65. The van der Waals surface area contributed by atoms with E-state index in [-0.39, 0.29) is 24.1 Å². The van der Waals surface area contributed by atoms with Gasteiger partial charge in [0.15, 0.2) is 11.5 Å². The lowest BCUT2D eigenvalue weighted by molar-refractivity contribution is 0.0941. The fraction of sp³-hybridized carbons (Fsp3) is 0.250. The molecule has 0 aliphatic carbocycles. The minimum atomic E-state index is -0.241. The molecule has 0 spiro atoms. The van der Waals surface area contributed by atoms with Crippen LogP contribution in [0.2, 0.25) is 0 Å². The van der Waals surface area contributed by atoms with Gasteiger partial charge in [0.1, 0.15) is 11.5 Å². The Balaban J connectivity index is 1.38. The number of pyridine rings is 1. The third-order valence-corrected chi connectivity index (χ3v) is 6.76. The van der Waals surface area contributed by atoms with Gasteiger partial charge in [0.05, 0.1) is 12.1 Å². The van der Waals surface area contributed by atoms with Crippen LogP contribution >= 0.6 is 0 Å². The van der Waals surface area contributed by atoms with Crippen LogP contribution in [0, 0.1) is 0 Å². The maximum atomic E-state index is 13.3. The molecular weight excluding hydrogens is 496 g/mol. The van der Waals surface area contributed by atoms with Crippen LogP contribution in [0.5, 0.6) is 5.88 Å². The molecule has 4 aromatic heterocycles. The summed E-state index contributed by atoms with van der Waals surface area (Å²) in [7, 11) is 0. The summed E-state index contributed by atoms with van der Waals surface area (Å²) in [5, 5.41) is 7.82. The van der Waals surface area contributed by atoms with Gasteiger partial charge in [0.2, 0.25) is 17.7 Å². The highest BCUT2D eigenvalue weighted by Crippen LogP contribution is 2.24. The van der Waals surface area contributed by atoms with Crippen LogP contribution in [-0.2, 0) is 6.54 Å². The molecule has 0 bridgehead atoms. The second-order valence-corrected chi connectivity index (χ2v) is 9.42. The zero-order valence-corrected chi connectivity index (χ0v) is 21.5. The van der Waals surface area contributed by atoms with Crippen LogP contribution in [0.15, 0.2) is 72.3 Å². The number of hydrogen-bond donors (Lipinski definition) is 2. The zero-order chi connectivity index (χ0) is 26.9. The SMILES string of the molecule is C=CCn1c(=O)c2cnc(Nc3ccc4c(ccn4C(C)=O)c3)nc2n1-c1cccc(OC2CCNCC2)n1. The van der Waals surface area contributed by atoms with Crippen molar-refractivity contribution in [2.45, 2.75) is 32.4 Å². The maximum absolute atomic E-state index is 13.3. The van der Waals surface area contributed by atoms with Crippen molar-refractivity contribution in [2.75, 3.05) is 18.4 Å². The Morgan fingerprint density at radius 1 is 1.21 bits per heavy atom. The van der Waals surface area contributed by atoms with Gasteiger partial charge in [0, 0.05) is 36.5 Å². The van der Waals surface area contributed by atoms with E-state index < -0.39 is 0 Å². The van der Waals surface area contributed by atoms with Gasteiger partial charge in [-0.15, -0.1) is 6.58 Å². The quantitative estimate of drug-likeness (QED) is 0.310. The summed E-state index contributed by atoms with van der Waals surface area (Å²) >= 11 is 0. The van der Waals surface area contributed by atoms with Crippen molar-refractivity contribution in [3.05, 3.63) is 77.9 Å². The molecular formula is C28H28N8O3. The molecule has 1 aliphatic heterocycles. The normalized spacial score (nSPS) is 14.1. The number of fused-ring (bicyclic) bond motifs is 2. The number of anilines is 2. The van der Waals surface area contributed by atoms with Gasteiger partial charge >= 0.3 is 0 Å². The van der Waals surface area contributed by atoms with Crippen LogP contribution < -0.4 is 20.9 Å². The Hall–Kier alpha value is -4.77. The molecule has 11 nitrogen and oxygen atoms in total. The molecule has 0 atom stereocenters. The van der Waals surface area contributed by atoms with Gasteiger partial charge in [-0.25, -0.2) is 14.3 Å². The topological polar surface area (TPSA) is 121 Å². The van der Waals surface area contributed by atoms with Gasteiger partial charge in [-0.1, -0.05) is 12.1 Å². The Morgan fingerprint density at radius 3 is 2.85 bits per heavy atom. The molecule has 5 heterocycles. The molecule has 0 amide bonds. The van der Waals surface area contributed by atoms with Gasteiger partial charge in [-0.2, -0.15) is 9.97 Å². The minimum absolute atomic E-state index is 0.0553. The number of hydrogen-bond acceptors (Lipinski definition) is 8. The van der Waals surface area contributed by atoms with Crippen molar-refractivity contribution >= 4 is 39.5 Å². The Bertz CT molecular complexity index is 1760. The first kappa shape index (κ1) is 24.6. The fourth-order valence-electron chi connectivity index (χ4n) is 4.90. The first-order chi connectivity index (χ1) is 19.0. The van der Waals surface area contributed by atoms with Crippen molar-refractivity contribution in [1.29, 1.82) is 0 Å². The molecule has 39 heavy (non-hydrogen) atoms. The molecule has 1 aliphatic rings. The van der Waals surface area contributed by atoms with E-state index in [2.05, 4.69) is 22.2 Å². The van der Waals surface area contributed by atoms with E-state index in [1.54, 1.807) is 21.5 Å². The number of carbonyl (C=O) groups excluding carboxylic acids is 1. The van der Waals surface area contributed by atoms with Crippen molar-refractivity contribution in [2.24, 2.45) is 0 Å². The standard InChI is InChI=1S/C28H28N8O3/c1-3-14-35-27(38)22-17-30-28(31-20-7-8-23-19(16-20)11-15-34(23)18(2)37)33-26(22)36(35)24-5-4-6-25(32-24)39-21-9-12-29-13-10-21/h3-8,11,15-17,21,29H,1,9-10,12-14H2,2H3,(H,30,31,33). The summed E-state index contributed by atoms with van der Waals surface area (Å²) in [4.78, 5) is 39.0. The fourth-order valence-corrected chi connectivity index (χ4v) is 4.90. The summed E-state index contributed by atoms with van der Waals surface area (Å²) in [5.41, 5.74) is 1.74. The minimum Gasteiger partial charge on any atom is -0.474 e. The molecule has 11 heteroatoms. The summed E-state index contributed by atoms with van der Waals surface area (Å²) in [6, 6.07) is 13.0. The lowest BCUT2D eigenvalue weighted by Gasteiger charge is -2.23. The van der Waals surface area contributed by atoms with Crippen LogP contribution in [0.25, 0.3) is 27.8 Å². The van der Waals surface area contributed by atoms with Crippen LogP contribution in [-0.4, -0.2) is 54.0 Å². The lowest BCUT2D eigenvalue weighted by Crippen LogP contribution is -2.34. The second kappa shape index (κ2) is 10.2. The van der Waals surface area contributed by atoms with E-state index in [0.29, 0.717) is 28.7 Å². The van der Waals surface area contributed by atoms with Gasteiger partial charge in [0.25, 0.3) is 5.56 Å². The molecule has 0 radical (unpaired) electrons. The van der Waals surface area contributed by atoms with Crippen molar-refractivity contribution in [3.8, 4) is 11.7 Å². The summed E-state index contributed by atoms with van der Waals surface area (Å²) in [6.07, 6.45) is 6.83. The van der Waals surface area contributed by atoms with E-state index in [1.165, 1.54) is 17.8 Å².